The molecule has 1 unspecified atom stereocenters. The summed E-state index contributed by atoms with van der Waals surface area (Å²) in [5.74, 6) is 0.163. The Bertz CT molecular complexity index is 1630. The number of hydrogen-bond acceptors (Lipinski definition) is 10. The fourth-order valence-electron chi connectivity index (χ4n) is 4.16. The van der Waals surface area contributed by atoms with Gasteiger partial charge < -0.3 is 25.3 Å². The zero-order valence-corrected chi connectivity index (χ0v) is 23.8. The maximum absolute atomic E-state index is 13.2. The van der Waals surface area contributed by atoms with Gasteiger partial charge in [-0.15, -0.1) is 11.3 Å². The topological polar surface area (TPSA) is 120 Å². The first-order valence-electron chi connectivity index (χ1n) is 12.5. The number of halogens is 1. The Hall–Kier alpha value is -4.20. The first-order chi connectivity index (χ1) is 19.7. The summed E-state index contributed by atoms with van der Waals surface area (Å²) in [5.41, 5.74) is 9.14. The molecule has 1 saturated heterocycles. The summed E-state index contributed by atoms with van der Waals surface area (Å²) in [7, 11) is 0. The Morgan fingerprint density at radius 1 is 1.24 bits per heavy atom. The lowest BCUT2D eigenvalue weighted by atomic mass is 10.00. The van der Waals surface area contributed by atoms with Gasteiger partial charge in [0.2, 0.25) is 5.69 Å². The van der Waals surface area contributed by atoms with Crippen molar-refractivity contribution in [1.82, 2.24) is 9.97 Å². The van der Waals surface area contributed by atoms with E-state index in [1.165, 1.54) is 35.2 Å². The normalized spacial score (nSPS) is 15.7. The van der Waals surface area contributed by atoms with E-state index in [4.69, 9.17) is 26.5 Å². The van der Waals surface area contributed by atoms with E-state index in [1.807, 2.05) is 19.2 Å². The zero-order chi connectivity index (χ0) is 29.0. The highest BCUT2D eigenvalue weighted by Gasteiger charge is 2.33. The van der Waals surface area contributed by atoms with Crippen molar-refractivity contribution in [2.24, 2.45) is 0 Å². The van der Waals surface area contributed by atoms with Crippen LogP contribution in [0.1, 0.15) is 25.1 Å². The van der Waals surface area contributed by atoms with Gasteiger partial charge in [0.05, 0.1) is 24.4 Å². The molecule has 208 valence electrons. The number of nitrogen functional groups attached to an aromatic ring is 1. The standard InChI is InChI=1S/C29H25FN6O3S2/c1-29(2)38-14-22(39-29)13-37-21-10-4-17(5-11-21)24-23(12-31)27(36-26(32)25(24)33-3)40-15-20-16-41-28(35-20)34-19-8-6-18(30)7-9-19/h4-11,16,22H,13-15H2,1-2H3,(H2,32,36)(H,34,35). The highest BCUT2D eigenvalue weighted by molar-refractivity contribution is 7.98. The van der Waals surface area contributed by atoms with Gasteiger partial charge in [-0.25, -0.2) is 19.2 Å². The highest BCUT2D eigenvalue weighted by atomic mass is 32.2. The number of hydrogen-bond donors (Lipinski definition) is 2. The molecule has 4 aromatic rings. The SMILES string of the molecule is [C-]#[N+]c1c(N)nc(SCc2csc(Nc3ccc(F)cc3)n2)c(C#N)c1-c1ccc(OCC2COC(C)(C)O2)cc1. The number of aromatic nitrogens is 2. The Labute approximate surface area is 244 Å². The van der Waals surface area contributed by atoms with Gasteiger partial charge in [0.15, 0.2) is 10.9 Å². The van der Waals surface area contributed by atoms with Gasteiger partial charge in [0.25, 0.3) is 0 Å². The summed E-state index contributed by atoms with van der Waals surface area (Å²) in [6.45, 7) is 12.2. The van der Waals surface area contributed by atoms with Gasteiger partial charge in [0.1, 0.15) is 41.2 Å². The number of anilines is 3. The van der Waals surface area contributed by atoms with Gasteiger partial charge in [-0.1, -0.05) is 23.9 Å². The lowest BCUT2D eigenvalue weighted by molar-refractivity contribution is -0.141. The summed E-state index contributed by atoms with van der Waals surface area (Å²) in [4.78, 5) is 12.5. The van der Waals surface area contributed by atoms with Gasteiger partial charge in [-0.3, -0.25) is 0 Å². The third-order valence-corrected chi connectivity index (χ3v) is 7.85. The minimum atomic E-state index is -0.624. The molecule has 0 radical (unpaired) electrons. The number of pyridine rings is 1. The van der Waals surface area contributed by atoms with Crippen LogP contribution in [-0.2, 0) is 15.2 Å². The van der Waals surface area contributed by atoms with Crippen LogP contribution in [0, 0.1) is 23.7 Å². The second kappa shape index (κ2) is 12.1. The molecular weight excluding hydrogens is 563 g/mol. The molecule has 41 heavy (non-hydrogen) atoms. The van der Waals surface area contributed by atoms with Gasteiger partial charge in [-0.05, 0) is 55.8 Å². The van der Waals surface area contributed by atoms with Crippen molar-refractivity contribution in [1.29, 1.82) is 5.26 Å². The smallest absolute Gasteiger partial charge is 0.236 e. The van der Waals surface area contributed by atoms with Crippen molar-refractivity contribution in [2.45, 2.75) is 36.5 Å². The van der Waals surface area contributed by atoms with E-state index < -0.39 is 5.79 Å². The number of benzene rings is 2. The highest BCUT2D eigenvalue weighted by Crippen LogP contribution is 2.42. The second-order valence-electron chi connectivity index (χ2n) is 9.48. The van der Waals surface area contributed by atoms with Crippen LogP contribution < -0.4 is 15.8 Å². The Morgan fingerprint density at radius 3 is 2.66 bits per heavy atom. The maximum atomic E-state index is 13.2. The Balaban J connectivity index is 1.32. The van der Waals surface area contributed by atoms with Crippen LogP contribution in [0.2, 0.25) is 0 Å². The van der Waals surface area contributed by atoms with Gasteiger partial charge in [-0.2, -0.15) is 5.26 Å². The van der Waals surface area contributed by atoms with Gasteiger partial charge in [0, 0.05) is 22.4 Å². The number of rotatable bonds is 9. The molecule has 1 aliphatic heterocycles. The predicted molar refractivity (Wildman–Crippen MR) is 157 cm³/mol. The molecule has 3 N–H and O–H groups in total. The summed E-state index contributed by atoms with van der Waals surface area (Å²) in [6, 6.07) is 15.4. The minimum Gasteiger partial charge on any atom is -0.491 e. The van der Waals surface area contributed by atoms with E-state index in [1.54, 1.807) is 36.4 Å². The molecule has 0 bridgehead atoms. The Morgan fingerprint density at radius 2 is 2.00 bits per heavy atom. The number of ether oxygens (including phenoxy) is 3. The monoisotopic (exact) mass is 588 g/mol. The third kappa shape index (κ3) is 6.76. The van der Waals surface area contributed by atoms with Crippen LogP contribution in [0.3, 0.4) is 0 Å². The first kappa shape index (κ1) is 28.3. The molecule has 9 nitrogen and oxygen atoms in total. The molecule has 1 fully saturated rings. The molecule has 2 aromatic heterocycles. The molecule has 0 amide bonds. The van der Waals surface area contributed by atoms with Crippen molar-refractivity contribution in [2.75, 3.05) is 24.3 Å². The predicted octanol–water partition coefficient (Wildman–Crippen LogP) is 6.92. The molecule has 0 spiro atoms. The fraction of sp³-hybridized carbons (Fsp3) is 0.241. The van der Waals surface area contributed by atoms with Crippen molar-refractivity contribution in [3.63, 3.8) is 0 Å². The number of nitrogens with one attached hydrogen (secondary N) is 1. The van der Waals surface area contributed by atoms with E-state index in [0.717, 1.165) is 11.4 Å². The second-order valence-corrected chi connectivity index (χ2v) is 11.3. The van der Waals surface area contributed by atoms with Crippen molar-refractivity contribution < 1.29 is 18.6 Å². The molecule has 1 aliphatic rings. The van der Waals surface area contributed by atoms with Crippen LogP contribution in [-0.4, -0.2) is 35.1 Å². The third-order valence-electron chi connectivity index (χ3n) is 6.04. The summed E-state index contributed by atoms with van der Waals surface area (Å²) in [5, 5.41) is 16.2. The average Bonchev–Trinajstić information content (AvgIpc) is 3.56. The van der Waals surface area contributed by atoms with Crippen molar-refractivity contribution >= 4 is 45.4 Å². The van der Waals surface area contributed by atoms with Crippen LogP contribution in [0.4, 0.5) is 26.7 Å². The maximum Gasteiger partial charge on any atom is 0.236 e. The summed E-state index contributed by atoms with van der Waals surface area (Å²) >= 11 is 2.72. The van der Waals surface area contributed by atoms with E-state index in [9.17, 15) is 9.65 Å². The molecule has 5 rings (SSSR count). The quantitative estimate of drug-likeness (QED) is 0.159. The van der Waals surface area contributed by atoms with E-state index >= 15 is 0 Å². The lowest BCUT2D eigenvalue weighted by Crippen LogP contribution is -2.25. The number of nitrogens with two attached hydrogens (primary N) is 1. The average molecular weight is 589 g/mol. The van der Waals surface area contributed by atoms with Crippen molar-refractivity contribution in [3.05, 3.63) is 82.4 Å². The molecule has 0 saturated carbocycles. The minimum absolute atomic E-state index is 0.0507. The van der Waals surface area contributed by atoms with Crippen molar-refractivity contribution in [3.8, 4) is 22.9 Å². The zero-order valence-electron chi connectivity index (χ0n) is 22.2. The number of thiazole rings is 1. The summed E-state index contributed by atoms with van der Waals surface area (Å²) < 4.78 is 30.4. The molecule has 0 aliphatic carbocycles. The van der Waals surface area contributed by atoms with Crippen LogP contribution in [0.15, 0.2) is 58.9 Å². The first-order valence-corrected chi connectivity index (χ1v) is 14.4. The summed E-state index contributed by atoms with van der Waals surface area (Å²) in [6.07, 6.45) is -0.171. The lowest BCUT2D eigenvalue weighted by Gasteiger charge is -2.17. The van der Waals surface area contributed by atoms with E-state index in [-0.39, 0.29) is 29.0 Å². The fourth-order valence-corrected chi connectivity index (χ4v) is 5.88. The number of nitriles is 1. The Kier molecular flexibility index (Phi) is 8.38. The van der Waals surface area contributed by atoms with Crippen LogP contribution >= 0.6 is 23.1 Å². The largest absolute Gasteiger partial charge is 0.491 e. The number of nitrogens with zero attached hydrogens (tertiary/aromatic N) is 4. The van der Waals surface area contributed by atoms with E-state index in [2.05, 4.69) is 26.2 Å². The molecule has 1 atom stereocenters. The van der Waals surface area contributed by atoms with Crippen LogP contribution in [0.25, 0.3) is 16.0 Å². The number of thioether (sulfide) groups is 1. The van der Waals surface area contributed by atoms with Gasteiger partial charge >= 0.3 is 0 Å². The molecule has 2 aromatic carbocycles. The van der Waals surface area contributed by atoms with E-state index in [0.29, 0.717) is 46.0 Å². The molecular formula is C29H25FN6O3S2. The molecule has 3 heterocycles. The van der Waals surface area contributed by atoms with Crippen LogP contribution in [0.5, 0.6) is 5.75 Å². The molecule has 12 heteroatoms.